The molecule has 0 bridgehead atoms. The molecule has 6 aromatic carbocycles. The van der Waals surface area contributed by atoms with Crippen LogP contribution in [0.15, 0.2) is 115 Å². The molecule has 0 saturated carbocycles. The SMILES string of the molecule is N#Cc1ccc2c(c1)c1ccccc1n2-c1cc(-c2ccc(C(F)(F)F)cc2C#N)c(-n2c3ccccc3c3cc(C#N)ccc32)cc1C#N. The molecule has 0 saturated heterocycles. The zero-order valence-corrected chi connectivity index (χ0v) is 25.8. The lowest BCUT2D eigenvalue weighted by Crippen LogP contribution is -2.07. The average molecular weight is 653 g/mol. The number of nitriles is 4. The number of nitrogens with zero attached hydrogens (tertiary/aromatic N) is 6. The minimum Gasteiger partial charge on any atom is -0.309 e. The first-order chi connectivity index (χ1) is 24.2. The maximum absolute atomic E-state index is 13.9. The Morgan fingerprint density at radius 2 is 0.960 bits per heavy atom. The quantitative estimate of drug-likeness (QED) is 0.189. The molecule has 6 nitrogen and oxygen atoms in total. The molecule has 0 aliphatic heterocycles. The van der Waals surface area contributed by atoms with Crippen molar-refractivity contribution in [1.82, 2.24) is 9.13 Å². The molecule has 0 aliphatic rings. The van der Waals surface area contributed by atoms with Gasteiger partial charge in [-0.15, -0.1) is 0 Å². The van der Waals surface area contributed by atoms with Gasteiger partial charge in [-0.3, -0.25) is 0 Å². The first kappa shape index (κ1) is 30.0. The zero-order chi connectivity index (χ0) is 34.7. The Morgan fingerprint density at radius 3 is 1.48 bits per heavy atom. The van der Waals surface area contributed by atoms with Gasteiger partial charge in [0.15, 0.2) is 0 Å². The zero-order valence-electron chi connectivity index (χ0n) is 25.8. The van der Waals surface area contributed by atoms with Gasteiger partial charge in [0.1, 0.15) is 6.07 Å². The van der Waals surface area contributed by atoms with Crippen molar-refractivity contribution in [1.29, 1.82) is 21.0 Å². The van der Waals surface area contributed by atoms with Gasteiger partial charge >= 0.3 is 6.18 Å². The Labute approximate surface area is 282 Å². The second kappa shape index (κ2) is 11.1. The maximum Gasteiger partial charge on any atom is 0.416 e. The lowest BCUT2D eigenvalue weighted by Gasteiger charge is -2.20. The molecule has 50 heavy (non-hydrogen) atoms. The Morgan fingerprint density at radius 1 is 0.440 bits per heavy atom. The molecular weight excluding hydrogens is 633 g/mol. The summed E-state index contributed by atoms with van der Waals surface area (Å²) in [5.41, 5.74) is 4.51. The molecule has 0 N–H and O–H groups in total. The van der Waals surface area contributed by atoms with E-state index < -0.39 is 11.7 Å². The van der Waals surface area contributed by atoms with Crippen molar-refractivity contribution in [3.05, 3.63) is 143 Å². The van der Waals surface area contributed by atoms with E-state index in [2.05, 4.69) is 18.2 Å². The summed E-state index contributed by atoms with van der Waals surface area (Å²) in [5, 5.41) is 43.5. The van der Waals surface area contributed by atoms with E-state index in [9.17, 15) is 34.2 Å². The van der Waals surface area contributed by atoms with Crippen LogP contribution in [0.2, 0.25) is 0 Å². The molecule has 0 amide bonds. The Balaban J connectivity index is 1.54. The molecule has 2 aromatic heterocycles. The van der Waals surface area contributed by atoms with Gasteiger partial charge < -0.3 is 9.13 Å². The largest absolute Gasteiger partial charge is 0.416 e. The Hall–Kier alpha value is -7.33. The van der Waals surface area contributed by atoms with E-state index in [1.165, 1.54) is 6.07 Å². The summed E-state index contributed by atoms with van der Waals surface area (Å²) < 4.78 is 45.4. The summed E-state index contributed by atoms with van der Waals surface area (Å²) in [6.45, 7) is 0. The monoisotopic (exact) mass is 652 g/mol. The molecule has 0 atom stereocenters. The fourth-order valence-electron chi connectivity index (χ4n) is 6.90. The smallest absolute Gasteiger partial charge is 0.309 e. The normalized spacial score (nSPS) is 11.4. The van der Waals surface area contributed by atoms with Crippen LogP contribution in [0.1, 0.15) is 27.8 Å². The lowest BCUT2D eigenvalue weighted by molar-refractivity contribution is -0.137. The molecule has 0 unspecified atom stereocenters. The number of rotatable bonds is 3. The summed E-state index contributed by atoms with van der Waals surface area (Å²) in [6.07, 6.45) is -4.67. The fraction of sp³-hybridized carbons (Fsp3) is 0.0244. The van der Waals surface area contributed by atoms with Crippen LogP contribution in [0.3, 0.4) is 0 Å². The van der Waals surface area contributed by atoms with Gasteiger partial charge in [-0.2, -0.15) is 34.2 Å². The third-order valence-corrected chi connectivity index (χ3v) is 9.08. The van der Waals surface area contributed by atoms with Gasteiger partial charge in [0.2, 0.25) is 0 Å². The third kappa shape index (κ3) is 4.47. The highest BCUT2D eigenvalue weighted by Crippen LogP contribution is 2.42. The Bertz CT molecular complexity index is 2920. The minimum atomic E-state index is -4.67. The number of hydrogen-bond donors (Lipinski definition) is 0. The van der Waals surface area contributed by atoms with Crippen LogP contribution in [0.5, 0.6) is 0 Å². The van der Waals surface area contributed by atoms with Crippen molar-refractivity contribution in [2.45, 2.75) is 6.18 Å². The number of fused-ring (bicyclic) bond motifs is 6. The molecule has 0 fully saturated rings. The van der Waals surface area contributed by atoms with Gasteiger partial charge in [0.05, 0.1) is 79.5 Å². The van der Waals surface area contributed by atoms with Crippen molar-refractivity contribution in [3.63, 3.8) is 0 Å². The summed E-state index contributed by atoms with van der Waals surface area (Å²) >= 11 is 0. The van der Waals surface area contributed by atoms with Gasteiger partial charge in [0.25, 0.3) is 0 Å². The molecule has 0 aliphatic carbocycles. The van der Waals surface area contributed by atoms with Gasteiger partial charge in [-0.05, 0) is 72.8 Å². The van der Waals surface area contributed by atoms with Crippen molar-refractivity contribution in [2.24, 2.45) is 0 Å². The van der Waals surface area contributed by atoms with Crippen molar-refractivity contribution in [3.8, 4) is 46.8 Å². The van der Waals surface area contributed by atoms with E-state index in [0.717, 1.165) is 44.7 Å². The molecule has 8 rings (SSSR count). The van der Waals surface area contributed by atoms with Crippen molar-refractivity contribution < 1.29 is 13.2 Å². The second-order valence-corrected chi connectivity index (χ2v) is 11.8. The first-order valence-electron chi connectivity index (χ1n) is 15.3. The summed E-state index contributed by atoms with van der Waals surface area (Å²) in [5.74, 6) is 0. The fourth-order valence-corrected chi connectivity index (χ4v) is 6.90. The average Bonchev–Trinajstić information content (AvgIpc) is 3.65. The van der Waals surface area contributed by atoms with E-state index in [4.69, 9.17) is 0 Å². The van der Waals surface area contributed by atoms with Crippen molar-refractivity contribution in [2.75, 3.05) is 0 Å². The minimum absolute atomic E-state index is 0.190. The predicted octanol–water partition coefficient (Wildman–Crippen LogP) is 10.1. The molecule has 0 spiro atoms. The highest BCUT2D eigenvalue weighted by Gasteiger charge is 2.32. The number of benzene rings is 6. The first-order valence-corrected chi connectivity index (χ1v) is 15.3. The maximum atomic E-state index is 13.9. The lowest BCUT2D eigenvalue weighted by atomic mass is 9.94. The highest BCUT2D eigenvalue weighted by atomic mass is 19.4. The van der Waals surface area contributed by atoms with Gasteiger partial charge in [-0.25, -0.2) is 0 Å². The number of halogens is 3. The van der Waals surface area contributed by atoms with E-state index in [1.807, 2.05) is 63.7 Å². The molecule has 2 heterocycles. The van der Waals surface area contributed by atoms with E-state index >= 15 is 0 Å². The van der Waals surface area contributed by atoms with Gasteiger partial charge in [-0.1, -0.05) is 42.5 Å². The number of aromatic nitrogens is 2. The molecule has 9 heteroatoms. The molecule has 234 valence electrons. The summed E-state index contributed by atoms with van der Waals surface area (Å²) in [7, 11) is 0. The van der Waals surface area contributed by atoms with E-state index in [1.54, 1.807) is 48.5 Å². The van der Waals surface area contributed by atoms with Crippen LogP contribution in [-0.4, -0.2) is 9.13 Å². The molecule has 0 radical (unpaired) electrons. The molecule has 8 aromatic rings. The highest BCUT2D eigenvalue weighted by molar-refractivity contribution is 6.11. The van der Waals surface area contributed by atoms with Crippen LogP contribution in [0, 0.1) is 45.3 Å². The van der Waals surface area contributed by atoms with Crippen molar-refractivity contribution >= 4 is 43.6 Å². The second-order valence-electron chi connectivity index (χ2n) is 11.8. The van der Waals surface area contributed by atoms with Crippen LogP contribution in [0.25, 0.3) is 66.1 Å². The topological polar surface area (TPSA) is 105 Å². The summed E-state index contributed by atoms with van der Waals surface area (Å²) in [6, 6.07) is 40.8. The number of alkyl halides is 3. The van der Waals surface area contributed by atoms with Gasteiger partial charge in [0, 0.05) is 32.7 Å². The van der Waals surface area contributed by atoms with Crippen LogP contribution in [0.4, 0.5) is 13.2 Å². The van der Waals surface area contributed by atoms with Crippen LogP contribution >= 0.6 is 0 Å². The standard InChI is InChI=1S/C41H19F3N6/c42-41(43,44)28-11-12-29(26(17-28)22-47)34-19-39(49-35-7-3-1-5-30(35)32-15-24(20-45)9-13-37(32)49)27(23-48)18-40(34)50-36-8-4-2-6-31(36)33-16-25(21-46)10-14-38(33)50/h1-19H. The predicted molar refractivity (Wildman–Crippen MR) is 184 cm³/mol. The van der Waals surface area contributed by atoms with Crippen LogP contribution < -0.4 is 0 Å². The third-order valence-electron chi connectivity index (χ3n) is 9.08. The molecular formula is C41H19F3N6. The van der Waals surface area contributed by atoms with E-state index in [0.29, 0.717) is 39.1 Å². The number of para-hydroxylation sites is 2. The summed E-state index contributed by atoms with van der Waals surface area (Å²) in [4.78, 5) is 0. The van der Waals surface area contributed by atoms with Crippen LogP contribution in [-0.2, 0) is 6.18 Å². The number of hydrogen-bond acceptors (Lipinski definition) is 4. The Kier molecular flexibility index (Phi) is 6.69. The van der Waals surface area contributed by atoms with E-state index in [-0.39, 0.29) is 16.7 Å².